The molecule has 0 unspecified atom stereocenters. The molecule has 0 amide bonds. The molecule has 2 heterocycles. The SMILES string of the molecule is Cc1nc(-c2ccc(-c3csnn3)cc2)sc1CCON(O)O. The third-order valence-electron chi connectivity index (χ3n) is 3.22. The van der Waals surface area contributed by atoms with Gasteiger partial charge < -0.3 is 0 Å². The van der Waals surface area contributed by atoms with Crippen LogP contribution in [-0.2, 0) is 11.3 Å². The molecule has 0 aliphatic rings. The van der Waals surface area contributed by atoms with Gasteiger partial charge in [-0.2, -0.15) is 0 Å². The second kappa shape index (κ2) is 7.21. The maximum absolute atomic E-state index is 8.53. The van der Waals surface area contributed by atoms with E-state index in [0.717, 1.165) is 32.4 Å². The molecule has 0 aliphatic heterocycles. The summed E-state index contributed by atoms with van der Waals surface area (Å²) in [7, 11) is 0. The Morgan fingerprint density at radius 1 is 1.17 bits per heavy atom. The van der Waals surface area contributed by atoms with E-state index >= 15 is 0 Å². The second-order valence-corrected chi connectivity index (χ2v) is 6.42. The van der Waals surface area contributed by atoms with Gasteiger partial charge in [-0.15, -0.1) is 16.4 Å². The van der Waals surface area contributed by atoms with Crippen LogP contribution in [0.15, 0.2) is 29.6 Å². The molecule has 120 valence electrons. The minimum atomic E-state index is -0.274. The Balaban J connectivity index is 1.74. The maximum Gasteiger partial charge on any atom is 0.123 e. The summed E-state index contributed by atoms with van der Waals surface area (Å²) < 4.78 is 3.87. The number of hydrogen-bond donors (Lipinski definition) is 2. The molecular formula is C14H14N4O3S2. The average molecular weight is 350 g/mol. The smallest absolute Gasteiger partial charge is 0.123 e. The lowest BCUT2D eigenvalue weighted by atomic mass is 10.1. The van der Waals surface area contributed by atoms with Crippen LogP contribution in [0.5, 0.6) is 0 Å². The first-order valence-corrected chi connectivity index (χ1v) is 8.44. The third-order valence-corrected chi connectivity index (χ3v) is 4.99. The zero-order valence-electron chi connectivity index (χ0n) is 12.2. The van der Waals surface area contributed by atoms with Crippen molar-refractivity contribution in [1.29, 1.82) is 0 Å². The molecule has 2 N–H and O–H groups in total. The Bertz CT molecular complexity index is 757. The van der Waals surface area contributed by atoms with Gasteiger partial charge in [0.05, 0.1) is 17.7 Å². The van der Waals surface area contributed by atoms with E-state index in [0.29, 0.717) is 6.42 Å². The lowest BCUT2D eigenvalue weighted by molar-refractivity contribution is -0.492. The van der Waals surface area contributed by atoms with Crippen molar-refractivity contribution in [2.24, 2.45) is 0 Å². The number of hydrogen-bond acceptors (Lipinski definition) is 9. The molecule has 0 saturated carbocycles. The summed E-state index contributed by atoms with van der Waals surface area (Å²) in [6.07, 6.45) is 0.559. The molecule has 23 heavy (non-hydrogen) atoms. The largest absolute Gasteiger partial charge is 0.266 e. The minimum absolute atomic E-state index is 0.172. The highest BCUT2D eigenvalue weighted by molar-refractivity contribution is 7.15. The molecule has 0 spiro atoms. The molecule has 0 radical (unpaired) electrons. The minimum Gasteiger partial charge on any atom is -0.266 e. The number of aryl methyl sites for hydroxylation is 1. The number of rotatable bonds is 6. The van der Waals surface area contributed by atoms with E-state index in [-0.39, 0.29) is 12.0 Å². The monoisotopic (exact) mass is 350 g/mol. The standard InChI is InChI=1S/C14H14N4O3S2/c1-9-13(6-7-21-18(19)20)23-14(15-9)11-4-2-10(3-5-11)12-8-22-17-16-12/h2-5,8,19-20H,6-7H2,1H3. The van der Waals surface area contributed by atoms with Crippen LogP contribution in [0, 0.1) is 6.92 Å². The van der Waals surface area contributed by atoms with E-state index in [1.165, 1.54) is 11.5 Å². The van der Waals surface area contributed by atoms with Crippen LogP contribution >= 0.6 is 22.9 Å². The predicted molar refractivity (Wildman–Crippen MR) is 86.3 cm³/mol. The number of thiazole rings is 1. The fourth-order valence-electron chi connectivity index (χ4n) is 2.08. The van der Waals surface area contributed by atoms with Crippen molar-refractivity contribution < 1.29 is 15.3 Å². The molecule has 0 saturated heterocycles. The van der Waals surface area contributed by atoms with Crippen molar-refractivity contribution in [3.05, 3.63) is 40.2 Å². The van der Waals surface area contributed by atoms with E-state index in [4.69, 9.17) is 10.4 Å². The van der Waals surface area contributed by atoms with Crippen molar-refractivity contribution in [3.8, 4) is 21.8 Å². The van der Waals surface area contributed by atoms with Gasteiger partial charge in [0.1, 0.15) is 10.7 Å². The molecule has 0 aliphatic carbocycles. The molecule has 0 bridgehead atoms. The predicted octanol–water partition coefficient (Wildman–Crippen LogP) is 3.19. The van der Waals surface area contributed by atoms with Crippen molar-refractivity contribution in [2.45, 2.75) is 13.3 Å². The fraction of sp³-hybridized carbons (Fsp3) is 0.214. The molecule has 3 aromatic rings. The molecule has 0 fully saturated rings. The maximum atomic E-state index is 8.53. The fourth-order valence-corrected chi connectivity index (χ4v) is 3.59. The molecule has 7 nitrogen and oxygen atoms in total. The van der Waals surface area contributed by atoms with Crippen LogP contribution in [0.25, 0.3) is 21.8 Å². The molecule has 9 heteroatoms. The summed E-state index contributed by atoms with van der Waals surface area (Å²) in [5.41, 5.74) is 3.84. The topological polar surface area (TPSA) is 91.6 Å². The molecule has 3 rings (SSSR count). The highest BCUT2D eigenvalue weighted by Crippen LogP contribution is 2.30. The lowest BCUT2D eigenvalue weighted by Gasteiger charge is -2.04. The van der Waals surface area contributed by atoms with Gasteiger partial charge in [-0.3, -0.25) is 15.3 Å². The number of benzene rings is 1. The van der Waals surface area contributed by atoms with E-state index in [1.807, 2.05) is 36.6 Å². The first-order valence-electron chi connectivity index (χ1n) is 6.78. The van der Waals surface area contributed by atoms with Crippen LogP contribution < -0.4 is 0 Å². The third kappa shape index (κ3) is 3.96. The Morgan fingerprint density at radius 2 is 1.91 bits per heavy atom. The molecular weight excluding hydrogens is 336 g/mol. The summed E-state index contributed by atoms with van der Waals surface area (Å²) >= 11 is 2.90. The molecule has 1 aromatic carbocycles. The Morgan fingerprint density at radius 3 is 2.57 bits per heavy atom. The summed E-state index contributed by atoms with van der Waals surface area (Å²) in [5.74, 6) is 0. The number of nitrogens with zero attached hydrogens (tertiary/aromatic N) is 4. The van der Waals surface area contributed by atoms with Gasteiger partial charge in [0.25, 0.3) is 0 Å². The number of aromatic nitrogens is 3. The summed E-state index contributed by atoms with van der Waals surface area (Å²) in [6, 6.07) is 8.02. The Hall–Kier alpha value is -1.75. The highest BCUT2D eigenvalue weighted by Gasteiger charge is 2.10. The van der Waals surface area contributed by atoms with E-state index < -0.39 is 0 Å². The Labute approximate surface area is 140 Å². The van der Waals surface area contributed by atoms with Crippen LogP contribution in [0.2, 0.25) is 0 Å². The van der Waals surface area contributed by atoms with Gasteiger partial charge in [-0.05, 0) is 18.5 Å². The summed E-state index contributed by atoms with van der Waals surface area (Å²) in [4.78, 5) is 10.2. The van der Waals surface area contributed by atoms with Crippen LogP contribution in [0.1, 0.15) is 10.6 Å². The highest BCUT2D eigenvalue weighted by atomic mass is 32.1. The van der Waals surface area contributed by atoms with E-state index in [1.54, 1.807) is 11.3 Å². The second-order valence-electron chi connectivity index (χ2n) is 4.73. The summed E-state index contributed by atoms with van der Waals surface area (Å²) in [6.45, 7) is 2.10. The van der Waals surface area contributed by atoms with Crippen LogP contribution in [0.4, 0.5) is 0 Å². The molecule has 2 aromatic heterocycles. The first kappa shape index (κ1) is 16.1. The van der Waals surface area contributed by atoms with Crippen LogP contribution in [0.3, 0.4) is 0 Å². The average Bonchev–Trinajstić information content (AvgIpc) is 3.18. The molecule has 0 atom stereocenters. The van der Waals surface area contributed by atoms with Crippen molar-refractivity contribution in [1.82, 2.24) is 20.0 Å². The van der Waals surface area contributed by atoms with E-state index in [2.05, 4.69) is 19.4 Å². The van der Waals surface area contributed by atoms with Crippen molar-refractivity contribution >= 4 is 22.9 Å². The first-order chi connectivity index (χ1) is 11.1. The van der Waals surface area contributed by atoms with Gasteiger partial charge in [-0.1, -0.05) is 28.8 Å². The zero-order valence-corrected chi connectivity index (χ0v) is 13.8. The van der Waals surface area contributed by atoms with Gasteiger partial charge >= 0.3 is 0 Å². The zero-order chi connectivity index (χ0) is 16.2. The van der Waals surface area contributed by atoms with Crippen molar-refractivity contribution in [3.63, 3.8) is 0 Å². The Kier molecular flexibility index (Phi) is 5.06. The normalized spacial score (nSPS) is 11.3. The lowest BCUT2D eigenvalue weighted by Crippen LogP contribution is -2.16. The van der Waals surface area contributed by atoms with Gasteiger partial charge in [-0.25, -0.2) is 4.98 Å². The van der Waals surface area contributed by atoms with Crippen molar-refractivity contribution in [2.75, 3.05) is 6.61 Å². The van der Waals surface area contributed by atoms with E-state index in [9.17, 15) is 0 Å². The van der Waals surface area contributed by atoms with Gasteiger partial charge in [0.2, 0.25) is 0 Å². The van der Waals surface area contributed by atoms with Gasteiger partial charge in [0, 0.05) is 27.8 Å². The van der Waals surface area contributed by atoms with Gasteiger partial charge in [0.15, 0.2) is 0 Å². The van der Waals surface area contributed by atoms with Crippen LogP contribution in [-0.4, -0.2) is 37.0 Å². The quantitative estimate of drug-likeness (QED) is 0.660. The summed E-state index contributed by atoms with van der Waals surface area (Å²) in [5, 5.41) is 23.7.